The molecular weight excluding hydrogens is 527 g/mol. The van der Waals surface area contributed by atoms with Crippen molar-refractivity contribution < 1.29 is 19.1 Å². The van der Waals surface area contributed by atoms with Gasteiger partial charge in [-0.25, -0.2) is 10.9 Å². The van der Waals surface area contributed by atoms with Crippen molar-refractivity contribution in [2.75, 3.05) is 13.2 Å². The van der Waals surface area contributed by atoms with Gasteiger partial charge in [-0.2, -0.15) is 10.2 Å². The zero-order valence-electron chi connectivity index (χ0n) is 21.5. The fraction of sp³-hybridized carbons (Fsp3) is 0.214. The van der Waals surface area contributed by atoms with Crippen LogP contribution in [0.2, 0.25) is 10.0 Å². The summed E-state index contributed by atoms with van der Waals surface area (Å²) in [4.78, 5) is 24.0. The number of hydrogen-bond acceptors (Lipinski definition) is 6. The monoisotopic (exact) mass is 554 g/mol. The molecule has 0 heterocycles. The average Bonchev–Trinajstić information content (AvgIpc) is 2.88. The molecule has 38 heavy (non-hydrogen) atoms. The Balaban J connectivity index is 1.40. The number of ether oxygens (including phenoxy) is 2. The zero-order chi connectivity index (χ0) is 27.7. The minimum Gasteiger partial charge on any atom is -0.484 e. The summed E-state index contributed by atoms with van der Waals surface area (Å²) in [7, 11) is 0. The summed E-state index contributed by atoms with van der Waals surface area (Å²) in [5, 5.41) is 9.24. The summed E-state index contributed by atoms with van der Waals surface area (Å²) in [6, 6.07) is 14.3. The molecule has 8 nitrogen and oxygen atoms in total. The second-order valence-corrected chi connectivity index (χ2v) is 9.33. The summed E-state index contributed by atoms with van der Waals surface area (Å²) >= 11 is 12.3. The van der Waals surface area contributed by atoms with E-state index in [4.69, 9.17) is 32.7 Å². The Morgan fingerprint density at radius 3 is 1.32 bits per heavy atom. The van der Waals surface area contributed by atoms with Crippen molar-refractivity contribution in [1.29, 1.82) is 0 Å². The summed E-state index contributed by atoms with van der Waals surface area (Å²) < 4.78 is 11.0. The van der Waals surface area contributed by atoms with Gasteiger partial charge < -0.3 is 9.47 Å². The van der Waals surface area contributed by atoms with Crippen molar-refractivity contribution in [2.24, 2.45) is 10.2 Å². The normalized spacial score (nSPS) is 11.1. The van der Waals surface area contributed by atoms with Crippen molar-refractivity contribution in [2.45, 2.75) is 27.7 Å². The maximum Gasteiger partial charge on any atom is 0.277 e. The number of carbonyl (C=O) groups is 2. The van der Waals surface area contributed by atoms with Gasteiger partial charge in [0.05, 0.1) is 12.4 Å². The summed E-state index contributed by atoms with van der Waals surface area (Å²) in [5.41, 5.74) is 9.89. The minimum absolute atomic E-state index is 0.178. The van der Waals surface area contributed by atoms with Crippen LogP contribution in [0.5, 0.6) is 11.5 Å². The van der Waals surface area contributed by atoms with Gasteiger partial charge >= 0.3 is 0 Å². The number of nitrogens with zero attached hydrogens (tertiary/aromatic N) is 2. The molecule has 0 aliphatic rings. The lowest BCUT2D eigenvalue weighted by Crippen LogP contribution is -2.24. The van der Waals surface area contributed by atoms with E-state index in [2.05, 4.69) is 21.1 Å². The van der Waals surface area contributed by atoms with Crippen molar-refractivity contribution in [3.05, 3.63) is 92.0 Å². The summed E-state index contributed by atoms with van der Waals surface area (Å²) in [6.07, 6.45) is 3.02. The van der Waals surface area contributed by atoms with Crippen molar-refractivity contribution in [3.8, 4) is 11.5 Å². The van der Waals surface area contributed by atoms with Gasteiger partial charge in [-0.1, -0.05) is 47.5 Å². The van der Waals surface area contributed by atoms with E-state index < -0.39 is 11.8 Å². The van der Waals surface area contributed by atoms with E-state index in [0.29, 0.717) is 21.5 Å². The van der Waals surface area contributed by atoms with Gasteiger partial charge in [0.25, 0.3) is 11.8 Å². The van der Waals surface area contributed by atoms with Crippen LogP contribution in [0.4, 0.5) is 0 Å². The van der Waals surface area contributed by atoms with E-state index in [1.807, 2.05) is 27.7 Å². The topological polar surface area (TPSA) is 101 Å². The van der Waals surface area contributed by atoms with Crippen LogP contribution >= 0.6 is 23.2 Å². The van der Waals surface area contributed by atoms with Gasteiger partial charge in [-0.15, -0.1) is 0 Å². The number of hydrogen-bond donors (Lipinski definition) is 2. The molecular formula is C28H28Cl2N4O4. The molecule has 3 rings (SSSR count). The number of nitrogens with one attached hydrogen (secondary N) is 2. The molecule has 0 aromatic heterocycles. The molecule has 0 aliphatic heterocycles. The lowest BCUT2D eigenvalue weighted by molar-refractivity contribution is -0.123. The maximum absolute atomic E-state index is 12.0. The van der Waals surface area contributed by atoms with E-state index in [1.54, 1.807) is 48.5 Å². The van der Waals surface area contributed by atoms with Crippen LogP contribution in [0.25, 0.3) is 0 Å². The number of hydrazone groups is 2. The second kappa shape index (κ2) is 13.6. The van der Waals surface area contributed by atoms with Gasteiger partial charge in [-0.3, -0.25) is 9.59 Å². The number of benzene rings is 3. The summed E-state index contributed by atoms with van der Waals surface area (Å²) in [5.74, 6) is 0.347. The van der Waals surface area contributed by atoms with Gasteiger partial charge in [0.2, 0.25) is 0 Å². The van der Waals surface area contributed by atoms with Crippen LogP contribution < -0.4 is 20.3 Å². The van der Waals surface area contributed by atoms with E-state index in [9.17, 15) is 9.59 Å². The standard InChI is InChI=1S/C28H28Cl2N4O4/c1-17-9-23(10-18(2)27(17)29)37-15-25(35)33-31-13-21-5-7-22(8-6-21)14-32-34-26(36)16-38-24-11-19(3)28(30)20(4)12-24/h5-14H,15-16H2,1-4H3,(H,33,35)(H,34,36)/b31-13-,32-14-. The number of halogens is 2. The number of rotatable bonds is 10. The molecule has 0 fully saturated rings. The Bertz CT molecular complexity index is 1220. The first-order valence-electron chi connectivity index (χ1n) is 11.7. The van der Waals surface area contributed by atoms with Crippen LogP contribution in [-0.4, -0.2) is 37.5 Å². The first-order valence-corrected chi connectivity index (χ1v) is 12.4. The molecule has 0 bridgehead atoms. The molecule has 198 valence electrons. The van der Waals surface area contributed by atoms with Crippen LogP contribution in [0.3, 0.4) is 0 Å². The Labute approximate surface area is 231 Å². The minimum atomic E-state index is -0.392. The lowest BCUT2D eigenvalue weighted by Gasteiger charge is -2.09. The zero-order valence-corrected chi connectivity index (χ0v) is 23.0. The van der Waals surface area contributed by atoms with Crippen molar-refractivity contribution in [1.82, 2.24) is 10.9 Å². The van der Waals surface area contributed by atoms with E-state index in [0.717, 1.165) is 33.4 Å². The first-order chi connectivity index (χ1) is 18.1. The SMILES string of the molecule is Cc1cc(OCC(=O)N/N=C\c2ccc(/C=N\NC(=O)COc3cc(C)c(Cl)c(C)c3)cc2)cc(C)c1Cl. The quantitative estimate of drug-likeness (QED) is 0.262. The third-order valence-electron chi connectivity index (χ3n) is 5.30. The van der Waals surface area contributed by atoms with Gasteiger partial charge in [0.1, 0.15) is 11.5 Å². The van der Waals surface area contributed by atoms with Gasteiger partial charge in [-0.05, 0) is 85.3 Å². The molecule has 0 aliphatic carbocycles. The Hall–Kier alpha value is -3.88. The molecule has 2 amide bonds. The smallest absolute Gasteiger partial charge is 0.277 e. The highest BCUT2D eigenvalue weighted by atomic mass is 35.5. The molecule has 0 unspecified atom stereocenters. The highest BCUT2D eigenvalue weighted by Crippen LogP contribution is 2.26. The molecule has 0 atom stereocenters. The molecule has 10 heteroatoms. The van der Waals surface area contributed by atoms with Crippen LogP contribution in [-0.2, 0) is 9.59 Å². The highest BCUT2D eigenvalue weighted by Gasteiger charge is 2.07. The van der Waals surface area contributed by atoms with Crippen LogP contribution in [0.15, 0.2) is 58.7 Å². The first kappa shape index (κ1) is 28.7. The van der Waals surface area contributed by atoms with E-state index in [1.165, 1.54) is 12.4 Å². The fourth-order valence-corrected chi connectivity index (χ4v) is 3.59. The summed E-state index contributed by atoms with van der Waals surface area (Å²) in [6.45, 7) is 7.15. The Morgan fingerprint density at radius 1 is 0.684 bits per heavy atom. The second-order valence-electron chi connectivity index (χ2n) is 8.57. The van der Waals surface area contributed by atoms with E-state index >= 15 is 0 Å². The third kappa shape index (κ3) is 8.61. The molecule has 0 saturated heterocycles. The van der Waals surface area contributed by atoms with E-state index in [-0.39, 0.29) is 13.2 Å². The maximum atomic E-state index is 12.0. The molecule has 0 spiro atoms. The Kier molecular flexibility index (Phi) is 10.3. The van der Waals surface area contributed by atoms with Crippen LogP contribution in [0, 0.1) is 27.7 Å². The largest absolute Gasteiger partial charge is 0.484 e. The Morgan fingerprint density at radius 2 is 1.00 bits per heavy atom. The van der Waals surface area contributed by atoms with Gasteiger partial charge in [0.15, 0.2) is 13.2 Å². The highest BCUT2D eigenvalue weighted by molar-refractivity contribution is 6.32. The fourth-order valence-electron chi connectivity index (χ4n) is 3.37. The predicted molar refractivity (Wildman–Crippen MR) is 151 cm³/mol. The average molecular weight is 555 g/mol. The van der Waals surface area contributed by atoms with Crippen molar-refractivity contribution in [3.63, 3.8) is 0 Å². The molecule has 0 radical (unpaired) electrons. The molecule has 2 N–H and O–H groups in total. The number of amides is 2. The number of carbonyl (C=O) groups excluding carboxylic acids is 2. The molecule has 3 aromatic rings. The third-order valence-corrected chi connectivity index (χ3v) is 6.49. The predicted octanol–water partition coefficient (Wildman–Crippen LogP) is 5.29. The lowest BCUT2D eigenvalue weighted by atomic mass is 10.1. The number of aryl methyl sites for hydroxylation is 4. The molecule has 0 saturated carbocycles. The van der Waals surface area contributed by atoms with Crippen LogP contribution in [0.1, 0.15) is 33.4 Å². The molecule has 3 aromatic carbocycles. The van der Waals surface area contributed by atoms with Crippen molar-refractivity contribution >= 4 is 47.4 Å². The van der Waals surface area contributed by atoms with Gasteiger partial charge in [0, 0.05) is 10.0 Å².